The van der Waals surface area contributed by atoms with Crippen LogP contribution in [0.4, 0.5) is 0 Å². The predicted octanol–water partition coefficient (Wildman–Crippen LogP) is -0.195. The summed E-state index contributed by atoms with van der Waals surface area (Å²) in [5.74, 6) is -2.69. The van der Waals surface area contributed by atoms with Gasteiger partial charge in [-0.3, -0.25) is 9.59 Å². The van der Waals surface area contributed by atoms with Gasteiger partial charge in [-0.1, -0.05) is 13.0 Å². The number of benzene rings is 1. The van der Waals surface area contributed by atoms with Crippen LogP contribution in [0.2, 0.25) is 0 Å². The quantitative estimate of drug-likeness (QED) is 0.459. The summed E-state index contributed by atoms with van der Waals surface area (Å²) in [7, 11) is 0. The molecule has 7 nitrogen and oxygen atoms in total. The smallest absolute Gasteiger partial charge is 0.308 e. The van der Waals surface area contributed by atoms with Crippen LogP contribution in [0.1, 0.15) is 12.5 Å². The van der Waals surface area contributed by atoms with Crippen molar-refractivity contribution in [1.82, 2.24) is 5.32 Å². The van der Waals surface area contributed by atoms with E-state index >= 15 is 0 Å². The highest BCUT2D eigenvalue weighted by atomic mass is 16.4. The van der Waals surface area contributed by atoms with E-state index < -0.39 is 23.8 Å². The van der Waals surface area contributed by atoms with Gasteiger partial charge < -0.3 is 26.4 Å². The minimum atomic E-state index is -0.998. The Morgan fingerprint density at radius 1 is 1.30 bits per heavy atom. The van der Waals surface area contributed by atoms with Gasteiger partial charge in [0.25, 0.3) is 0 Å². The van der Waals surface area contributed by atoms with Gasteiger partial charge in [0.2, 0.25) is 5.91 Å². The SMILES string of the molecule is CC(CNC(=O)[C@@H](N)Cc1ccc(O)c(O)c1)C(=O)O. The number of hydrogen-bond acceptors (Lipinski definition) is 5. The third-order valence-corrected chi connectivity index (χ3v) is 2.84. The lowest BCUT2D eigenvalue weighted by Crippen LogP contribution is -2.44. The molecule has 1 unspecified atom stereocenters. The van der Waals surface area contributed by atoms with Gasteiger partial charge in [0.15, 0.2) is 11.5 Å². The molecule has 6 N–H and O–H groups in total. The summed E-state index contributed by atoms with van der Waals surface area (Å²) in [6.07, 6.45) is 0.168. The summed E-state index contributed by atoms with van der Waals surface area (Å²) in [5, 5.41) is 29.6. The van der Waals surface area contributed by atoms with Crippen molar-refractivity contribution in [2.45, 2.75) is 19.4 Å². The van der Waals surface area contributed by atoms with Crippen LogP contribution in [-0.2, 0) is 16.0 Å². The Balaban J connectivity index is 2.53. The van der Waals surface area contributed by atoms with E-state index in [1.165, 1.54) is 19.1 Å². The maximum atomic E-state index is 11.7. The van der Waals surface area contributed by atoms with E-state index in [9.17, 15) is 14.7 Å². The molecule has 0 aliphatic heterocycles. The van der Waals surface area contributed by atoms with Crippen molar-refractivity contribution < 1.29 is 24.9 Å². The molecule has 0 bridgehead atoms. The van der Waals surface area contributed by atoms with Crippen LogP contribution in [0.25, 0.3) is 0 Å². The molecule has 0 aromatic heterocycles. The summed E-state index contributed by atoms with van der Waals surface area (Å²) in [4.78, 5) is 22.3. The Labute approximate surface area is 116 Å². The highest BCUT2D eigenvalue weighted by molar-refractivity contribution is 5.82. The van der Waals surface area contributed by atoms with Crippen molar-refractivity contribution in [3.05, 3.63) is 23.8 Å². The van der Waals surface area contributed by atoms with Gasteiger partial charge in [-0.2, -0.15) is 0 Å². The summed E-state index contributed by atoms with van der Waals surface area (Å²) in [6.45, 7) is 1.48. The number of carboxylic acid groups (broad SMARTS) is 1. The highest BCUT2D eigenvalue weighted by Gasteiger charge is 2.17. The Morgan fingerprint density at radius 2 is 1.95 bits per heavy atom. The van der Waals surface area contributed by atoms with Crippen molar-refractivity contribution in [2.24, 2.45) is 11.7 Å². The fourth-order valence-corrected chi connectivity index (χ4v) is 1.51. The van der Waals surface area contributed by atoms with Crippen molar-refractivity contribution in [3.63, 3.8) is 0 Å². The number of carbonyl (C=O) groups excluding carboxylic acids is 1. The summed E-state index contributed by atoms with van der Waals surface area (Å²) < 4.78 is 0. The number of carbonyl (C=O) groups is 2. The predicted molar refractivity (Wildman–Crippen MR) is 71.3 cm³/mol. The fraction of sp³-hybridized carbons (Fsp3) is 0.385. The second kappa shape index (κ2) is 6.76. The number of phenols is 2. The first-order chi connectivity index (χ1) is 9.31. The maximum Gasteiger partial charge on any atom is 0.308 e. The van der Waals surface area contributed by atoms with Crippen LogP contribution in [0, 0.1) is 5.92 Å². The largest absolute Gasteiger partial charge is 0.504 e. The van der Waals surface area contributed by atoms with Crippen LogP contribution in [-0.4, -0.2) is 39.8 Å². The third-order valence-electron chi connectivity index (χ3n) is 2.84. The van der Waals surface area contributed by atoms with Gasteiger partial charge >= 0.3 is 5.97 Å². The maximum absolute atomic E-state index is 11.7. The van der Waals surface area contributed by atoms with Gasteiger partial charge in [0.1, 0.15) is 0 Å². The number of nitrogens with one attached hydrogen (secondary N) is 1. The number of amides is 1. The molecule has 1 aromatic rings. The lowest BCUT2D eigenvalue weighted by Gasteiger charge is -2.14. The molecular weight excluding hydrogens is 264 g/mol. The second-order valence-corrected chi connectivity index (χ2v) is 4.62. The van der Waals surface area contributed by atoms with Gasteiger partial charge in [0.05, 0.1) is 12.0 Å². The zero-order chi connectivity index (χ0) is 15.3. The molecular formula is C13H18N2O5. The zero-order valence-corrected chi connectivity index (χ0v) is 11.0. The molecule has 0 aliphatic carbocycles. The molecule has 2 atom stereocenters. The third kappa shape index (κ3) is 4.43. The minimum absolute atomic E-state index is 0.00267. The van der Waals surface area contributed by atoms with E-state index in [1.54, 1.807) is 6.07 Å². The molecule has 110 valence electrons. The van der Waals surface area contributed by atoms with E-state index in [0.29, 0.717) is 5.56 Å². The number of hydrogen-bond donors (Lipinski definition) is 5. The normalized spacial score (nSPS) is 13.5. The van der Waals surface area contributed by atoms with Gasteiger partial charge in [-0.25, -0.2) is 0 Å². The van der Waals surface area contributed by atoms with E-state index in [0.717, 1.165) is 0 Å². The molecule has 1 amide bonds. The molecule has 0 saturated heterocycles. The Hall–Kier alpha value is -2.28. The lowest BCUT2D eigenvalue weighted by atomic mass is 10.0. The molecule has 0 heterocycles. The molecule has 0 spiro atoms. The van der Waals surface area contributed by atoms with E-state index in [2.05, 4.69) is 5.32 Å². The van der Waals surface area contributed by atoms with E-state index in [4.69, 9.17) is 15.9 Å². The first kappa shape index (κ1) is 15.8. The molecule has 0 saturated carbocycles. The summed E-state index contributed by atoms with van der Waals surface area (Å²) in [6, 6.07) is 3.31. The summed E-state index contributed by atoms with van der Waals surface area (Å²) >= 11 is 0. The highest BCUT2D eigenvalue weighted by Crippen LogP contribution is 2.25. The van der Waals surface area contributed by atoms with Gasteiger partial charge in [-0.15, -0.1) is 0 Å². The number of aromatic hydroxyl groups is 2. The Kier molecular flexibility index (Phi) is 5.33. The zero-order valence-electron chi connectivity index (χ0n) is 11.0. The lowest BCUT2D eigenvalue weighted by molar-refractivity contribution is -0.141. The first-order valence-electron chi connectivity index (χ1n) is 6.08. The Morgan fingerprint density at radius 3 is 2.50 bits per heavy atom. The molecule has 0 radical (unpaired) electrons. The number of rotatable bonds is 6. The minimum Gasteiger partial charge on any atom is -0.504 e. The van der Waals surface area contributed by atoms with Gasteiger partial charge in [0, 0.05) is 6.54 Å². The molecule has 0 fully saturated rings. The van der Waals surface area contributed by atoms with Crippen LogP contribution < -0.4 is 11.1 Å². The average Bonchev–Trinajstić information content (AvgIpc) is 2.39. The van der Waals surface area contributed by atoms with Crippen LogP contribution in [0.5, 0.6) is 11.5 Å². The number of nitrogens with two attached hydrogens (primary N) is 1. The average molecular weight is 282 g/mol. The first-order valence-corrected chi connectivity index (χ1v) is 6.08. The van der Waals surface area contributed by atoms with E-state index in [-0.39, 0.29) is 24.5 Å². The number of phenolic OH excluding ortho intramolecular Hbond substituents is 2. The Bertz CT molecular complexity index is 504. The number of carboxylic acids is 1. The molecule has 1 aromatic carbocycles. The molecule has 7 heteroatoms. The topological polar surface area (TPSA) is 133 Å². The standard InChI is InChI=1S/C13H18N2O5/c1-7(13(19)20)6-15-12(18)9(14)4-8-2-3-10(16)11(17)5-8/h2-3,5,7,9,16-17H,4,6,14H2,1H3,(H,15,18)(H,19,20)/t7?,9-/m0/s1. The monoisotopic (exact) mass is 282 g/mol. The molecule has 20 heavy (non-hydrogen) atoms. The van der Waals surface area contributed by atoms with Crippen molar-refractivity contribution in [1.29, 1.82) is 0 Å². The van der Waals surface area contributed by atoms with Crippen molar-refractivity contribution >= 4 is 11.9 Å². The van der Waals surface area contributed by atoms with Gasteiger partial charge in [-0.05, 0) is 24.1 Å². The number of aliphatic carboxylic acids is 1. The molecule has 0 aliphatic rings. The van der Waals surface area contributed by atoms with Crippen LogP contribution >= 0.6 is 0 Å². The molecule has 1 rings (SSSR count). The van der Waals surface area contributed by atoms with Crippen molar-refractivity contribution in [2.75, 3.05) is 6.54 Å². The van der Waals surface area contributed by atoms with E-state index in [1.807, 2.05) is 0 Å². The van der Waals surface area contributed by atoms with Crippen LogP contribution in [0.15, 0.2) is 18.2 Å². The second-order valence-electron chi connectivity index (χ2n) is 4.62. The fourth-order valence-electron chi connectivity index (χ4n) is 1.51. The van der Waals surface area contributed by atoms with Crippen LogP contribution in [0.3, 0.4) is 0 Å². The summed E-state index contributed by atoms with van der Waals surface area (Å²) in [5.41, 5.74) is 6.29. The van der Waals surface area contributed by atoms with Crippen molar-refractivity contribution in [3.8, 4) is 11.5 Å².